The molecule has 0 aliphatic carbocycles. The van der Waals surface area contributed by atoms with E-state index in [1.807, 2.05) is 51.1 Å². The summed E-state index contributed by atoms with van der Waals surface area (Å²) >= 11 is 0. The third-order valence-electron chi connectivity index (χ3n) is 3.01. The second-order valence-corrected chi connectivity index (χ2v) is 4.73. The SMILES string of the molecule is CCNc1ccc(C(=O)Nc2cc(C)ccn2)c(C)c1. The summed E-state index contributed by atoms with van der Waals surface area (Å²) in [6.07, 6.45) is 1.69. The predicted octanol–water partition coefficient (Wildman–Crippen LogP) is 3.38. The molecule has 4 nitrogen and oxygen atoms in total. The molecule has 2 N–H and O–H groups in total. The van der Waals surface area contributed by atoms with E-state index in [0.717, 1.165) is 23.4 Å². The molecule has 20 heavy (non-hydrogen) atoms. The van der Waals surface area contributed by atoms with Crippen LogP contribution in [0, 0.1) is 13.8 Å². The molecule has 2 rings (SSSR count). The third kappa shape index (κ3) is 3.35. The van der Waals surface area contributed by atoms with Crippen molar-refractivity contribution in [1.82, 2.24) is 4.98 Å². The molecule has 0 fully saturated rings. The number of aromatic nitrogens is 1. The Morgan fingerprint density at radius 3 is 2.65 bits per heavy atom. The number of nitrogens with zero attached hydrogens (tertiary/aromatic N) is 1. The number of carbonyl (C=O) groups excluding carboxylic acids is 1. The predicted molar refractivity (Wildman–Crippen MR) is 82.3 cm³/mol. The van der Waals surface area contributed by atoms with Crippen LogP contribution in [0.1, 0.15) is 28.4 Å². The van der Waals surface area contributed by atoms with Crippen LogP contribution in [-0.4, -0.2) is 17.4 Å². The molecular formula is C16H19N3O. The van der Waals surface area contributed by atoms with E-state index >= 15 is 0 Å². The molecule has 0 spiro atoms. The number of nitrogens with one attached hydrogen (secondary N) is 2. The number of rotatable bonds is 4. The average molecular weight is 269 g/mol. The lowest BCUT2D eigenvalue weighted by molar-refractivity contribution is 0.102. The van der Waals surface area contributed by atoms with Crippen LogP contribution in [0.15, 0.2) is 36.5 Å². The monoisotopic (exact) mass is 269 g/mol. The summed E-state index contributed by atoms with van der Waals surface area (Å²) in [5.74, 6) is 0.439. The Morgan fingerprint density at radius 2 is 2.00 bits per heavy atom. The second-order valence-electron chi connectivity index (χ2n) is 4.73. The lowest BCUT2D eigenvalue weighted by atomic mass is 10.1. The molecule has 1 aromatic carbocycles. The van der Waals surface area contributed by atoms with Crippen molar-refractivity contribution in [1.29, 1.82) is 0 Å². The number of hydrogen-bond donors (Lipinski definition) is 2. The first-order chi connectivity index (χ1) is 9.60. The standard InChI is InChI=1S/C16H19N3O/c1-4-17-13-5-6-14(12(3)10-13)16(20)19-15-9-11(2)7-8-18-15/h5-10,17H,4H2,1-3H3,(H,18,19,20). The van der Waals surface area contributed by atoms with Gasteiger partial charge in [-0.05, 0) is 62.2 Å². The molecule has 0 saturated carbocycles. The van der Waals surface area contributed by atoms with Crippen LogP contribution < -0.4 is 10.6 Å². The first-order valence-electron chi connectivity index (χ1n) is 6.68. The maximum atomic E-state index is 12.2. The van der Waals surface area contributed by atoms with Crippen LogP contribution in [0.4, 0.5) is 11.5 Å². The van der Waals surface area contributed by atoms with E-state index in [-0.39, 0.29) is 5.91 Å². The van der Waals surface area contributed by atoms with Crippen LogP contribution in [-0.2, 0) is 0 Å². The number of pyridine rings is 1. The summed E-state index contributed by atoms with van der Waals surface area (Å²) in [7, 11) is 0. The van der Waals surface area contributed by atoms with E-state index in [1.165, 1.54) is 0 Å². The summed E-state index contributed by atoms with van der Waals surface area (Å²) in [4.78, 5) is 16.4. The van der Waals surface area contributed by atoms with Crippen molar-refractivity contribution in [2.75, 3.05) is 17.2 Å². The third-order valence-corrected chi connectivity index (χ3v) is 3.01. The number of anilines is 2. The maximum Gasteiger partial charge on any atom is 0.257 e. The van der Waals surface area contributed by atoms with Crippen molar-refractivity contribution >= 4 is 17.4 Å². The average Bonchev–Trinajstić information content (AvgIpc) is 2.39. The second kappa shape index (κ2) is 6.19. The molecule has 0 saturated heterocycles. The number of hydrogen-bond acceptors (Lipinski definition) is 3. The fourth-order valence-corrected chi connectivity index (χ4v) is 2.02. The van der Waals surface area contributed by atoms with Crippen molar-refractivity contribution in [2.24, 2.45) is 0 Å². The number of aryl methyl sites for hydroxylation is 2. The summed E-state index contributed by atoms with van der Waals surface area (Å²) in [5.41, 5.74) is 3.69. The summed E-state index contributed by atoms with van der Waals surface area (Å²) in [6.45, 7) is 6.80. The van der Waals surface area contributed by atoms with Gasteiger partial charge in [-0.3, -0.25) is 4.79 Å². The zero-order valence-corrected chi connectivity index (χ0v) is 12.0. The van der Waals surface area contributed by atoms with Gasteiger partial charge in [0.1, 0.15) is 5.82 Å². The minimum Gasteiger partial charge on any atom is -0.385 e. The molecule has 1 aromatic heterocycles. The van der Waals surface area contributed by atoms with E-state index in [9.17, 15) is 4.79 Å². The lowest BCUT2D eigenvalue weighted by Gasteiger charge is -2.10. The Balaban J connectivity index is 2.17. The summed E-state index contributed by atoms with van der Waals surface area (Å²) in [6, 6.07) is 9.46. The Labute approximate surface area is 119 Å². The Bertz CT molecular complexity index is 623. The number of benzene rings is 1. The topological polar surface area (TPSA) is 54.0 Å². The normalized spacial score (nSPS) is 10.2. The Hall–Kier alpha value is -2.36. The molecule has 0 aliphatic heterocycles. The van der Waals surface area contributed by atoms with E-state index in [1.54, 1.807) is 6.20 Å². The van der Waals surface area contributed by atoms with Crippen molar-refractivity contribution in [3.63, 3.8) is 0 Å². The molecule has 104 valence electrons. The van der Waals surface area contributed by atoms with Gasteiger partial charge >= 0.3 is 0 Å². The lowest BCUT2D eigenvalue weighted by Crippen LogP contribution is -2.14. The molecular weight excluding hydrogens is 250 g/mol. The smallest absolute Gasteiger partial charge is 0.257 e. The van der Waals surface area contributed by atoms with Gasteiger partial charge in [0.05, 0.1) is 0 Å². The van der Waals surface area contributed by atoms with Crippen molar-refractivity contribution in [2.45, 2.75) is 20.8 Å². The minimum absolute atomic E-state index is 0.136. The molecule has 2 aromatic rings. The van der Waals surface area contributed by atoms with Crippen molar-refractivity contribution in [3.05, 3.63) is 53.2 Å². The largest absolute Gasteiger partial charge is 0.385 e. The molecule has 0 bridgehead atoms. The fourth-order valence-electron chi connectivity index (χ4n) is 2.02. The number of carbonyl (C=O) groups is 1. The van der Waals surface area contributed by atoms with Gasteiger partial charge in [-0.15, -0.1) is 0 Å². The highest BCUT2D eigenvalue weighted by Gasteiger charge is 2.10. The maximum absolute atomic E-state index is 12.2. The van der Waals surface area contributed by atoms with Gasteiger partial charge in [-0.25, -0.2) is 4.98 Å². The minimum atomic E-state index is -0.136. The van der Waals surface area contributed by atoms with Crippen LogP contribution in [0.25, 0.3) is 0 Å². The van der Waals surface area contributed by atoms with Crippen LogP contribution in [0.3, 0.4) is 0 Å². The first-order valence-corrected chi connectivity index (χ1v) is 6.68. The van der Waals surface area contributed by atoms with Crippen molar-refractivity contribution in [3.8, 4) is 0 Å². The Kier molecular flexibility index (Phi) is 4.35. The molecule has 0 unspecified atom stereocenters. The zero-order valence-electron chi connectivity index (χ0n) is 12.0. The van der Waals surface area contributed by atoms with Gasteiger partial charge in [-0.1, -0.05) is 0 Å². The van der Waals surface area contributed by atoms with Crippen LogP contribution in [0.5, 0.6) is 0 Å². The van der Waals surface area contributed by atoms with E-state index < -0.39 is 0 Å². The molecule has 1 heterocycles. The highest BCUT2D eigenvalue weighted by Crippen LogP contribution is 2.16. The number of amides is 1. The van der Waals surface area contributed by atoms with Crippen molar-refractivity contribution < 1.29 is 4.79 Å². The van der Waals surface area contributed by atoms with Gasteiger partial charge in [0, 0.05) is 24.0 Å². The zero-order chi connectivity index (χ0) is 14.5. The molecule has 0 atom stereocenters. The van der Waals surface area contributed by atoms with Crippen LogP contribution in [0.2, 0.25) is 0 Å². The highest BCUT2D eigenvalue weighted by atomic mass is 16.1. The molecule has 1 amide bonds. The molecule has 4 heteroatoms. The summed E-state index contributed by atoms with van der Waals surface area (Å²) in [5, 5.41) is 6.05. The van der Waals surface area contributed by atoms with Crippen LogP contribution >= 0.6 is 0 Å². The van der Waals surface area contributed by atoms with Gasteiger partial charge in [0.25, 0.3) is 5.91 Å². The quantitative estimate of drug-likeness (QED) is 0.894. The Morgan fingerprint density at radius 1 is 1.20 bits per heavy atom. The van der Waals surface area contributed by atoms with E-state index in [0.29, 0.717) is 11.4 Å². The molecule has 0 aliphatic rings. The van der Waals surface area contributed by atoms with E-state index in [4.69, 9.17) is 0 Å². The van der Waals surface area contributed by atoms with Gasteiger partial charge in [0.15, 0.2) is 0 Å². The first kappa shape index (κ1) is 14.1. The fraction of sp³-hybridized carbons (Fsp3) is 0.250. The highest BCUT2D eigenvalue weighted by molar-refractivity contribution is 6.05. The summed E-state index contributed by atoms with van der Waals surface area (Å²) < 4.78 is 0. The molecule has 0 radical (unpaired) electrons. The van der Waals surface area contributed by atoms with Gasteiger partial charge in [0.2, 0.25) is 0 Å². The van der Waals surface area contributed by atoms with Gasteiger partial charge in [-0.2, -0.15) is 0 Å². The van der Waals surface area contributed by atoms with Gasteiger partial charge < -0.3 is 10.6 Å². The van der Waals surface area contributed by atoms with E-state index in [2.05, 4.69) is 15.6 Å².